The number of ether oxygens (including phenoxy) is 1. The average molecular weight is 437 g/mol. The van der Waals surface area contributed by atoms with Crippen molar-refractivity contribution in [2.45, 2.75) is 25.4 Å². The molecule has 3 amide bonds. The molecule has 6 heteroatoms. The lowest BCUT2D eigenvalue weighted by Gasteiger charge is -2.36. The Hall–Kier alpha value is -4.06. The summed E-state index contributed by atoms with van der Waals surface area (Å²) in [5, 5.41) is 1.10. The Balaban J connectivity index is 1.52. The molecule has 0 saturated carbocycles. The third kappa shape index (κ3) is 2.87. The molecule has 3 heterocycles. The van der Waals surface area contributed by atoms with Crippen LogP contribution in [-0.2, 0) is 11.2 Å². The van der Waals surface area contributed by atoms with Crippen molar-refractivity contribution >= 4 is 28.5 Å². The number of aromatic amines is 1. The van der Waals surface area contributed by atoms with E-state index in [1.807, 2.05) is 43.3 Å². The molecule has 1 saturated heterocycles. The van der Waals surface area contributed by atoms with Gasteiger partial charge in [-0.1, -0.05) is 48.0 Å². The number of amides is 3. The molecule has 2 aliphatic heterocycles. The highest BCUT2D eigenvalue weighted by atomic mass is 16.5. The zero-order valence-electron chi connectivity index (χ0n) is 18.4. The number of rotatable bonds is 3. The number of H-pyrrole nitrogens is 1. The molecule has 6 rings (SSSR count). The van der Waals surface area contributed by atoms with Crippen molar-refractivity contribution in [1.29, 1.82) is 0 Å². The molecular weight excluding hydrogens is 414 g/mol. The lowest BCUT2D eigenvalue weighted by Crippen LogP contribution is -2.44. The predicted octanol–water partition coefficient (Wildman–Crippen LogP) is 4.97. The largest absolute Gasteiger partial charge is 0.497 e. The Kier molecular flexibility index (Phi) is 4.30. The first-order chi connectivity index (χ1) is 16.1. The molecule has 1 N–H and O–H groups in total. The maximum atomic E-state index is 13.8. The predicted molar refractivity (Wildman–Crippen MR) is 127 cm³/mol. The molecule has 3 aromatic carbocycles. The summed E-state index contributed by atoms with van der Waals surface area (Å²) in [7, 11) is 1.59. The number of anilines is 1. The molecule has 0 aliphatic carbocycles. The van der Waals surface area contributed by atoms with E-state index < -0.39 is 6.04 Å². The second-order valence-corrected chi connectivity index (χ2v) is 8.66. The molecule has 1 aromatic heterocycles. The molecule has 0 bridgehead atoms. The Morgan fingerprint density at radius 3 is 2.52 bits per heavy atom. The van der Waals surface area contributed by atoms with Gasteiger partial charge in [-0.15, -0.1) is 0 Å². The summed E-state index contributed by atoms with van der Waals surface area (Å²) in [5.74, 6) is 0.480. The van der Waals surface area contributed by atoms with Crippen molar-refractivity contribution in [3.8, 4) is 5.75 Å². The maximum Gasteiger partial charge on any atom is 0.332 e. The van der Waals surface area contributed by atoms with Gasteiger partial charge in [0.15, 0.2) is 0 Å². The highest BCUT2D eigenvalue weighted by Crippen LogP contribution is 2.45. The Morgan fingerprint density at radius 1 is 0.970 bits per heavy atom. The normalized spacial score (nSPS) is 19.7. The van der Waals surface area contributed by atoms with Crippen LogP contribution in [0.1, 0.15) is 28.4 Å². The number of carbonyl (C=O) groups excluding carboxylic acids is 2. The van der Waals surface area contributed by atoms with E-state index in [0.717, 1.165) is 33.3 Å². The second-order valence-electron chi connectivity index (χ2n) is 8.66. The molecule has 0 radical (unpaired) electrons. The standard InChI is InChI=1S/C27H23N3O3/c1-16-6-5-7-17(14-16)25-24-21(20-8-3-4-9-22(20)28-24)15-23-26(31)29(27(32)30(23)25)18-10-12-19(33-2)13-11-18/h3-14,23,25,28H,15H2,1-2H3/t23-,25?/m0/s1. The molecule has 1 fully saturated rings. The molecule has 4 aromatic rings. The number of nitrogens with one attached hydrogen (secondary N) is 1. The molecule has 0 spiro atoms. The van der Waals surface area contributed by atoms with E-state index >= 15 is 0 Å². The van der Waals surface area contributed by atoms with E-state index in [1.54, 1.807) is 36.3 Å². The van der Waals surface area contributed by atoms with Crippen molar-refractivity contribution in [2.75, 3.05) is 12.0 Å². The molecule has 164 valence electrons. The summed E-state index contributed by atoms with van der Waals surface area (Å²) in [4.78, 5) is 34.0. The molecular formula is C27H23N3O3. The average Bonchev–Trinajstić information content (AvgIpc) is 3.32. The maximum absolute atomic E-state index is 13.8. The lowest BCUT2D eigenvalue weighted by atomic mass is 9.88. The smallest absolute Gasteiger partial charge is 0.332 e. The van der Waals surface area contributed by atoms with Crippen LogP contribution in [0, 0.1) is 6.92 Å². The molecule has 1 unspecified atom stereocenters. The fourth-order valence-electron chi connectivity index (χ4n) is 5.23. The van der Waals surface area contributed by atoms with E-state index in [0.29, 0.717) is 17.9 Å². The van der Waals surface area contributed by atoms with Gasteiger partial charge in [-0.2, -0.15) is 0 Å². The van der Waals surface area contributed by atoms with Gasteiger partial charge in [0.2, 0.25) is 0 Å². The van der Waals surface area contributed by atoms with Crippen molar-refractivity contribution in [1.82, 2.24) is 9.88 Å². The quantitative estimate of drug-likeness (QED) is 0.461. The summed E-state index contributed by atoms with van der Waals surface area (Å²) in [6, 6.07) is 22.1. The Bertz CT molecular complexity index is 1410. The Labute approximate surface area is 191 Å². The van der Waals surface area contributed by atoms with Crippen molar-refractivity contribution in [3.05, 3.63) is 95.2 Å². The summed E-state index contributed by atoms with van der Waals surface area (Å²) in [6.07, 6.45) is 0.485. The van der Waals surface area contributed by atoms with Gasteiger partial charge in [-0.25, -0.2) is 9.69 Å². The third-order valence-corrected chi connectivity index (χ3v) is 6.74. The molecule has 2 atom stereocenters. The van der Waals surface area contributed by atoms with E-state index in [2.05, 4.69) is 17.1 Å². The first-order valence-electron chi connectivity index (χ1n) is 11.0. The third-order valence-electron chi connectivity index (χ3n) is 6.74. The second kappa shape index (κ2) is 7.24. The summed E-state index contributed by atoms with van der Waals surface area (Å²) < 4.78 is 5.24. The number of hydrogen-bond donors (Lipinski definition) is 1. The number of fused-ring (bicyclic) bond motifs is 4. The number of para-hydroxylation sites is 1. The summed E-state index contributed by atoms with van der Waals surface area (Å²) in [6.45, 7) is 2.04. The van der Waals surface area contributed by atoms with Crippen LogP contribution in [0.4, 0.5) is 10.5 Å². The van der Waals surface area contributed by atoms with Crippen LogP contribution < -0.4 is 9.64 Å². The van der Waals surface area contributed by atoms with Crippen LogP contribution in [-0.4, -0.2) is 35.0 Å². The van der Waals surface area contributed by atoms with E-state index in [4.69, 9.17) is 4.74 Å². The number of aromatic nitrogens is 1. The van der Waals surface area contributed by atoms with Gasteiger partial charge in [0.05, 0.1) is 12.8 Å². The fraction of sp³-hybridized carbons (Fsp3) is 0.185. The SMILES string of the molecule is COc1ccc(N2C(=O)[C@@H]3Cc4c([nH]c5ccccc45)C(c4cccc(C)c4)N3C2=O)cc1. The minimum atomic E-state index is -0.558. The van der Waals surface area contributed by atoms with Gasteiger partial charge in [-0.3, -0.25) is 9.69 Å². The van der Waals surface area contributed by atoms with Crippen LogP contribution in [0.25, 0.3) is 10.9 Å². The van der Waals surface area contributed by atoms with Gasteiger partial charge in [0.1, 0.15) is 17.8 Å². The highest BCUT2D eigenvalue weighted by Gasteiger charge is 2.53. The van der Waals surface area contributed by atoms with Crippen LogP contribution in [0.2, 0.25) is 0 Å². The van der Waals surface area contributed by atoms with Crippen LogP contribution in [0.5, 0.6) is 5.75 Å². The summed E-state index contributed by atoms with van der Waals surface area (Å²) >= 11 is 0. The van der Waals surface area contributed by atoms with Gasteiger partial charge < -0.3 is 9.72 Å². The molecule has 6 nitrogen and oxygen atoms in total. The Morgan fingerprint density at radius 2 is 1.76 bits per heavy atom. The van der Waals surface area contributed by atoms with Gasteiger partial charge in [0, 0.05) is 23.0 Å². The van der Waals surface area contributed by atoms with E-state index in [9.17, 15) is 9.59 Å². The number of urea groups is 1. The number of hydrogen-bond acceptors (Lipinski definition) is 3. The zero-order chi connectivity index (χ0) is 22.7. The number of nitrogens with zero attached hydrogens (tertiary/aromatic N) is 2. The van der Waals surface area contributed by atoms with E-state index in [1.165, 1.54) is 4.90 Å². The zero-order valence-corrected chi connectivity index (χ0v) is 18.4. The van der Waals surface area contributed by atoms with Crippen molar-refractivity contribution in [2.24, 2.45) is 0 Å². The van der Waals surface area contributed by atoms with Crippen molar-refractivity contribution in [3.63, 3.8) is 0 Å². The highest BCUT2D eigenvalue weighted by molar-refractivity contribution is 6.22. The first kappa shape index (κ1) is 19.6. The van der Waals surface area contributed by atoms with E-state index in [-0.39, 0.29) is 18.0 Å². The van der Waals surface area contributed by atoms with Crippen molar-refractivity contribution < 1.29 is 14.3 Å². The van der Waals surface area contributed by atoms with Gasteiger partial charge in [0.25, 0.3) is 5.91 Å². The number of aryl methyl sites for hydroxylation is 1. The number of carbonyl (C=O) groups is 2. The number of benzene rings is 3. The molecule has 2 aliphatic rings. The van der Waals surface area contributed by atoms with Gasteiger partial charge in [-0.05, 0) is 48.4 Å². The monoisotopic (exact) mass is 437 g/mol. The lowest BCUT2D eigenvalue weighted by molar-refractivity contribution is -0.120. The van der Waals surface area contributed by atoms with Crippen LogP contribution in [0.3, 0.4) is 0 Å². The minimum absolute atomic E-state index is 0.196. The minimum Gasteiger partial charge on any atom is -0.497 e. The topological polar surface area (TPSA) is 65.6 Å². The van der Waals surface area contributed by atoms with Gasteiger partial charge >= 0.3 is 6.03 Å². The van der Waals surface area contributed by atoms with Crippen LogP contribution in [0.15, 0.2) is 72.8 Å². The molecule has 33 heavy (non-hydrogen) atoms. The number of imide groups is 1. The fourth-order valence-corrected chi connectivity index (χ4v) is 5.23. The number of methoxy groups -OCH3 is 1. The van der Waals surface area contributed by atoms with Crippen LogP contribution >= 0.6 is 0 Å². The first-order valence-corrected chi connectivity index (χ1v) is 11.0. The summed E-state index contributed by atoms with van der Waals surface area (Å²) in [5.41, 5.74) is 5.76.